The summed E-state index contributed by atoms with van der Waals surface area (Å²) in [5.74, 6) is 0.149. The Kier molecular flexibility index (Phi) is 7.01. The standard InChI is InChI=1S/C18H28O6/c1-2-3-4-7-14(20)17(22)18(23)15(21)9-16-11-6-5-8-13(19)12(11)10-24-16/h5-6,8,14-23H,2-4,7,9-10H2,1H3. The molecular formula is C18H28O6. The Hall–Kier alpha value is -1.18. The van der Waals surface area contributed by atoms with Gasteiger partial charge in [0, 0.05) is 12.0 Å². The zero-order valence-electron chi connectivity index (χ0n) is 14.0. The lowest BCUT2D eigenvalue weighted by Gasteiger charge is -2.28. The van der Waals surface area contributed by atoms with Gasteiger partial charge in [-0.05, 0) is 18.1 Å². The number of rotatable bonds is 9. The molecule has 0 bridgehead atoms. The number of aliphatic hydroxyl groups is 4. The number of fused-ring (bicyclic) bond motifs is 1. The molecule has 0 radical (unpaired) electrons. The molecule has 0 saturated heterocycles. The Labute approximate surface area is 142 Å². The minimum atomic E-state index is -1.45. The van der Waals surface area contributed by atoms with Gasteiger partial charge in [-0.3, -0.25) is 0 Å². The highest BCUT2D eigenvalue weighted by molar-refractivity contribution is 5.42. The lowest BCUT2D eigenvalue weighted by molar-refractivity contribution is -0.117. The van der Waals surface area contributed by atoms with Crippen LogP contribution in [-0.2, 0) is 11.3 Å². The maximum Gasteiger partial charge on any atom is 0.121 e. The van der Waals surface area contributed by atoms with Crippen molar-refractivity contribution in [2.24, 2.45) is 0 Å². The minimum Gasteiger partial charge on any atom is -0.508 e. The Bertz CT molecular complexity index is 520. The van der Waals surface area contributed by atoms with Crippen LogP contribution in [0.1, 0.15) is 56.3 Å². The van der Waals surface area contributed by atoms with Gasteiger partial charge in [0.2, 0.25) is 0 Å². The first-order valence-corrected chi connectivity index (χ1v) is 8.60. The van der Waals surface area contributed by atoms with E-state index in [1.54, 1.807) is 12.1 Å². The molecule has 1 aliphatic rings. The zero-order valence-corrected chi connectivity index (χ0v) is 14.0. The fraction of sp³-hybridized carbons (Fsp3) is 0.667. The lowest BCUT2D eigenvalue weighted by Crippen LogP contribution is -2.44. The van der Waals surface area contributed by atoms with Gasteiger partial charge in [-0.15, -0.1) is 0 Å². The summed E-state index contributed by atoms with van der Waals surface area (Å²) in [6, 6.07) is 5.08. The SMILES string of the molecule is CCCCCC(O)C(O)C(O)C(O)CC1OCc2c(O)cccc21. The molecule has 0 spiro atoms. The van der Waals surface area contributed by atoms with Crippen LogP contribution in [0.2, 0.25) is 0 Å². The molecule has 5 unspecified atom stereocenters. The highest BCUT2D eigenvalue weighted by Gasteiger charge is 2.34. The van der Waals surface area contributed by atoms with E-state index >= 15 is 0 Å². The average Bonchev–Trinajstić information content (AvgIpc) is 2.98. The van der Waals surface area contributed by atoms with Gasteiger partial charge in [-0.2, -0.15) is 0 Å². The van der Waals surface area contributed by atoms with Crippen LogP contribution in [0.5, 0.6) is 5.75 Å². The molecule has 1 aliphatic heterocycles. The van der Waals surface area contributed by atoms with Crippen molar-refractivity contribution in [1.29, 1.82) is 0 Å². The first-order chi connectivity index (χ1) is 11.5. The van der Waals surface area contributed by atoms with Crippen LogP contribution in [-0.4, -0.2) is 49.9 Å². The van der Waals surface area contributed by atoms with Crippen LogP contribution < -0.4 is 0 Å². The minimum absolute atomic E-state index is 0.0797. The molecule has 5 atom stereocenters. The van der Waals surface area contributed by atoms with Crippen molar-refractivity contribution in [3.05, 3.63) is 29.3 Å². The molecule has 0 fully saturated rings. The third-order valence-electron chi connectivity index (χ3n) is 4.66. The number of benzene rings is 1. The quantitative estimate of drug-likeness (QED) is 0.434. The number of aromatic hydroxyl groups is 1. The van der Waals surface area contributed by atoms with Gasteiger partial charge in [0.1, 0.15) is 18.0 Å². The molecule has 0 amide bonds. The van der Waals surface area contributed by atoms with Crippen LogP contribution in [0, 0.1) is 0 Å². The molecule has 24 heavy (non-hydrogen) atoms. The van der Waals surface area contributed by atoms with Crippen molar-refractivity contribution in [1.82, 2.24) is 0 Å². The van der Waals surface area contributed by atoms with Crippen molar-refractivity contribution < 1.29 is 30.3 Å². The molecule has 0 saturated carbocycles. The van der Waals surface area contributed by atoms with Gasteiger partial charge >= 0.3 is 0 Å². The molecule has 0 aromatic heterocycles. The van der Waals surface area contributed by atoms with Crippen molar-refractivity contribution in [3.63, 3.8) is 0 Å². The third kappa shape index (κ3) is 4.46. The van der Waals surface area contributed by atoms with E-state index in [9.17, 15) is 25.5 Å². The van der Waals surface area contributed by atoms with E-state index in [0.717, 1.165) is 24.8 Å². The van der Waals surface area contributed by atoms with Crippen LogP contribution in [0.4, 0.5) is 0 Å². The van der Waals surface area contributed by atoms with E-state index in [-0.39, 0.29) is 18.8 Å². The summed E-state index contributed by atoms with van der Waals surface area (Å²) < 4.78 is 5.57. The number of unbranched alkanes of at least 4 members (excludes halogenated alkanes) is 2. The van der Waals surface area contributed by atoms with Gasteiger partial charge < -0.3 is 30.3 Å². The molecule has 2 rings (SSSR count). The number of phenolic OH excluding ortho intramolecular Hbond substituents is 1. The fourth-order valence-electron chi connectivity index (χ4n) is 3.11. The first-order valence-electron chi connectivity index (χ1n) is 8.60. The molecule has 136 valence electrons. The molecule has 1 aromatic carbocycles. The summed E-state index contributed by atoms with van der Waals surface area (Å²) in [5.41, 5.74) is 1.46. The predicted octanol–water partition coefficient (Wildman–Crippen LogP) is 1.38. The number of ether oxygens (including phenoxy) is 1. The van der Waals surface area contributed by atoms with E-state index in [2.05, 4.69) is 0 Å². The summed E-state index contributed by atoms with van der Waals surface area (Å²) in [6.07, 6.45) is -2.45. The third-order valence-corrected chi connectivity index (χ3v) is 4.66. The van der Waals surface area contributed by atoms with E-state index < -0.39 is 30.5 Å². The lowest BCUT2D eigenvalue weighted by atomic mass is 9.93. The number of aliphatic hydroxyl groups excluding tert-OH is 4. The summed E-state index contributed by atoms with van der Waals surface area (Å²) in [7, 11) is 0. The maximum absolute atomic E-state index is 10.2. The number of phenols is 1. The monoisotopic (exact) mass is 340 g/mol. The second-order valence-electron chi connectivity index (χ2n) is 6.49. The van der Waals surface area contributed by atoms with Gasteiger partial charge in [0.15, 0.2) is 0 Å². The Morgan fingerprint density at radius 3 is 2.50 bits per heavy atom. The Morgan fingerprint density at radius 2 is 1.79 bits per heavy atom. The summed E-state index contributed by atoms with van der Waals surface area (Å²) >= 11 is 0. The van der Waals surface area contributed by atoms with E-state index in [1.807, 2.05) is 13.0 Å². The topological polar surface area (TPSA) is 110 Å². The van der Waals surface area contributed by atoms with Crippen LogP contribution in [0.3, 0.4) is 0 Å². The predicted molar refractivity (Wildman–Crippen MR) is 88.4 cm³/mol. The maximum atomic E-state index is 10.2. The van der Waals surface area contributed by atoms with E-state index in [1.165, 1.54) is 0 Å². The molecular weight excluding hydrogens is 312 g/mol. The summed E-state index contributed by atoms with van der Waals surface area (Å²) in [6.45, 7) is 2.29. The highest BCUT2D eigenvalue weighted by atomic mass is 16.5. The molecule has 1 aromatic rings. The number of hydrogen-bond donors (Lipinski definition) is 5. The largest absolute Gasteiger partial charge is 0.508 e. The van der Waals surface area contributed by atoms with Crippen LogP contribution >= 0.6 is 0 Å². The van der Waals surface area contributed by atoms with Crippen LogP contribution in [0.15, 0.2) is 18.2 Å². The van der Waals surface area contributed by atoms with E-state index in [4.69, 9.17) is 4.74 Å². The summed E-state index contributed by atoms with van der Waals surface area (Å²) in [4.78, 5) is 0. The average molecular weight is 340 g/mol. The van der Waals surface area contributed by atoms with Crippen molar-refractivity contribution in [3.8, 4) is 5.75 Å². The van der Waals surface area contributed by atoms with Gasteiger partial charge in [0.25, 0.3) is 0 Å². The molecule has 0 aliphatic carbocycles. The molecule has 6 heteroatoms. The van der Waals surface area contributed by atoms with Crippen molar-refractivity contribution >= 4 is 0 Å². The number of hydrogen-bond acceptors (Lipinski definition) is 6. The van der Waals surface area contributed by atoms with Gasteiger partial charge in [-0.1, -0.05) is 38.3 Å². The Balaban J connectivity index is 1.90. The molecule has 6 nitrogen and oxygen atoms in total. The van der Waals surface area contributed by atoms with Crippen molar-refractivity contribution in [2.75, 3.05) is 0 Å². The smallest absolute Gasteiger partial charge is 0.121 e. The second kappa shape index (κ2) is 8.78. The summed E-state index contributed by atoms with van der Waals surface area (Å²) in [5, 5.41) is 50.1. The second-order valence-corrected chi connectivity index (χ2v) is 6.49. The first kappa shape index (κ1) is 19.1. The zero-order chi connectivity index (χ0) is 17.7. The Morgan fingerprint density at radius 1 is 1.08 bits per heavy atom. The fourth-order valence-corrected chi connectivity index (χ4v) is 3.11. The molecule has 5 N–H and O–H groups in total. The van der Waals surface area contributed by atoms with E-state index in [0.29, 0.717) is 12.0 Å². The van der Waals surface area contributed by atoms with Gasteiger partial charge in [0.05, 0.1) is 24.9 Å². The molecule has 1 heterocycles. The highest BCUT2D eigenvalue weighted by Crippen LogP contribution is 2.38. The normalized spacial score (nSPS) is 22.0. The van der Waals surface area contributed by atoms with Gasteiger partial charge in [-0.25, -0.2) is 0 Å². The van der Waals surface area contributed by atoms with Crippen molar-refractivity contribution in [2.45, 2.75) is 76.2 Å². The van der Waals surface area contributed by atoms with Crippen LogP contribution in [0.25, 0.3) is 0 Å².